The predicted molar refractivity (Wildman–Crippen MR) is 101 cm³/mol. The van der Waals surface area contributed by atoms with Crippen LogP contribution in [-0.4, -0.2) is 37.9 Å². The molecule has 0 bridgehead atoms. The van der Waals surface area contributed by atoms with Gasteiger partial charge in [-0.25, -0.2) is 18.9 Å². The summed E-state index contributed by atoms with van der Waals surface area (Å²) in [7, 11) is 1.44. The molecule has 2 aromatic heterocycles. The fraction of sp³-hybridized carbons (Fsp3) is 0.118. The molecule has 3 rings (SSSR count). The second-order valence-corrected chi connectivity index (χ2v) is 7.38. The number of benzene rings is 1. The van der Waals surface area contributed by atoms with Crippen molar-refractivity contribution >= 4 is 41.1 Å². The SMILES string of the molecule is CN(Cc1cc(Sc2ccc(Cl)nc2)n(-c2cccc(F)c2Cl)n1)C(=O)O. The second-order valence-electron chi connectivity index (χ2n) is 5.52. The average molecular weight is 427 g/mol. The zero-order valence-electron chi connectivity index (χ0n) is 13.9. The molecule has 0 saturated heterocycles. The molecule has 0 aliphatic carbocycles. The molecule has 140 valence electrons. The van der Waals surface area contributed by atoms with Crippen LogP contribution in [0.2, 0.25) is 10.2 Å². The Balaban J connectivity index is 2.03. The minimum atomic E-state index is -1.08. The molecule has 1 amide bonds. The first-order valence-electron chi connectivity index (χ1n) is 7.62. The van der Waals surface area contributed by atoms with Crippen LogP contribution in [-0.2, 0) is 6.54 Å². The molecule has 0 fully saturated rings. The van der Waals surface area contributed by atoms with Crippen LogP contribution < -0.4 is 0 Å². The highest BCUT2D eigenvalue weighted by Crippen LogP contribution is 2.33. The Bertz CT molecular complexity index is 982. The number of hydrogen-bond acceptors (Lipinski definition) is 4. The summed E-state index contributed by atoms with van der Waals surface area (Å²) in [5.41, 5.74) is 0.843. The van der Waals surface area contributed by atoms with Gasteiger partial charge in [0, 0.05) is 18.1 Å². The lowest BCUT2D eigenvalue weighted by Crippen LogP contribution is -2.24. The summed E-state index contributed by atoms with van der Waals surface area (Å²) in [5, 5.41) is 14.4. The maximum atomic E-state index is 13.9. The molecule has 10 heteroatoms. The summed E-state index contributed by atoms with van der Waals surface area (Å²) >= 11 is 13.2. The average Bonchev–Trinajstić information content (AvgIpc) is 3.01. The highest BCUT2D eigenvalue weighted by Gasteiger charge is 2.17. The van der Waals surface area contributed by atoms with Gasteiger partial charge in [0.25, 0.3) is 0 Å². The van der Waals surface area contributed by atoms with E-state index in [9.17, 15) is 9.18 Å². The van der Waals surface area contributed by atoms with Crippen molar-refractivity contribution in [3.63, 3.8) is 0 Å². The number of carboxylic acid groups (broad SMARTS) is 1. The third-order valence-electron chi connectivity index (χ3n) is 3.54. The molecule has 0 aliphatic rings. The molecule has 1 aromatic carbocycles. The first-order valence-corrected chi connectivity index (χ1v) is 9.19. The topological polar surface area (TPSA) is 71.2 Å². The molecule has 0 atom stereocenters. The third-order valence-corrected chi connectivity index (χ3v) is 5.11. The Hall–Kier alpha value is -2.29. The number of hydrogen-bond donors (Lipinski definition) is 1. The van der Waals surface area contributed by atoms with Gasteiger partial charge in [0.2, 0.25) is 0 Å². The Morgan fingerprint density at radius 2 is 2.11 bits per heavy atom. The van der Waals surface area contributed by atoms with E-state index in [0.29, 0.717) is 21.6 Å². The van der Waals surface area contributed by atoms with Crippen LogP contribution in [0.5, 0.6) is 0 Å². The van der Waals surface area contributed by atoms with Crippen LogP contribution in [0.15, 0.2) is 52.5 Å². The van der Waals surface area contributed by atoms with E-state index in [-0.39, 0.29) is 11.6 Å². The van der Waals surface area contributed by atoms with Crippen LogP contribution in [0.3, 0.4) is 0 Å². The number of carbonyl (C=O) groups is 1. The fourth-order valence-electron chi connectivity index (χ4n) is 2.24. The first kappa shape index (κ1) is 19.5. The maximum absolute atomic E-state index is 13.9. The van der Waals surface area contributed by atoms with Gasteiger partial charge >= 0.3 is 6.09 Å². The number of amides is 1. The van der Waals surface area contributed by atoms with Gasteiger partial charge in [-0.3, -0.25) is 0 Å². The Morgan fingerprint density at radius 1 is 1.33 bits per heavy atom. The number of aromatic nitrogens is 3. The molecular formula is C17H13Cl2FN4O2S. The minimum Gasteiger partial charge on any atom is -0.465 e. The van der Waals surface area contributed by atoms with E-state index in [1.54, 1.807) is 30.5 Å². The molecule has 6 nitrogen and oxygen atoms in total. The summed E-state index contributed by atoms with van der Waals surface area (Å²) in [4.78, 5) is 17.0. The third kappa shape index (κ3) is 4.52. The summed E-state index contributed by atoms with van der Waals surface area (Å²) in [6.45, 7) is 0.0711. The normalized spacial score (nSPS) is 10.8. The summed E-state index contributed by atoms with van der Waals surface area (Å²) in [6, 6.07) is 9.57. The largest absolute Gasteiger partial charge is 0.465 e. The Morgan fingerprint density at radius 3 is 2.78 bits per heavy atom. The second kappa shape index (κ2) is 8.16. The molecule has 27 heavy (non-hydrogen) atoms. The van der Waals surface area contributed by atoms with Crippen molar-refractivity contribution in [1.29, 1.82) is 0 Å². The Labute approximate surface area is 168 Å². The summed E-state index contributed by atoms with van der Waals surface area (Å²) in [5.74, 6) is -0.571. The van der Waals surface area contributed by atoms with Gasteiger partial charge in [-0.2, -0.15) is 5.10 Å². The lowest BCUT2D eigenvalue weighted by molar-refractivity contribution is 0.153. The van der Waals surface area contributed by atoms with Gasteiger partial charge in [0.15, 0.2) is 0 Å². The monoisotopic (exact) mass is 426 g/mol. The molecule has 0 radical (unpaired) electrons. The molecule has 0 aliphatic heterocycles. The lowest BCUT2D eigenvalue weighted by Gasteiger charge is -2.10. The minimum absolute atomic E-state index is 0.0711. The van der Waals surface area contributed by atoms with Crippen molar-refractivity contribution in [1.82, 2.24) is 19.7 Å². The number of nitrogens with zero attached hydrogens (tertiary/aromatic N) is 4. The van der Waals surface area contributed by atoms with Crippen LogP contribution in [0, 0.1) is 5.82 Å². The zero-order valence-corrected chi connectivity index (χ0v) is 16.3. The lowest BCUT2D eigenvalue weighted by atomic mass is 10.3. The predicted octanol–water partition coefficient (Wildman–Crippen LogP) is 4.97. The van der Waals surface area contributed by atoms with E-state index in [0.717, 1.165) is 9.80 Å². The molecule has 0 saturated carbocycles. The van der Waals surface area contributed by atoms with Gasteiger partial charge in [0.1, 0.15) is 21.0 Å². The maximum Gasteiger partial charge on any atom is 0.407 e. The van der Waals surface area contributed by atoms with Gasteiger partial charge in [-0.05, 0) is 30.3 Å². The van der Waals surface area contributed by atoms with Crippen LogP contribution in [0.1, 0.15) is 5.69 Å². The quantitative estimate of drug-likeness (QED) is 0.582. The Kier molecular flexibility index (Phi) is 5.88. The summed E-state index contributed by atoms with van der Waals surface area (Å²) in [6.07, 6.45) is 0.519. The highest BCUT2D eigenvalue weighted by molar-refractivity contribution is 7.99. The van der Waals surface area contributed by atoms with Crippen molar-refractivity contribution in [2.75, 3.05) is 7.05 Å². The highest BCUT2D eigenvalue weighted by atomic mass is 35.5. The van der Waals surface area contributed by atoms with E-state index < -0.39 is 11.9 Å². The molecule has 0 unspecified atom stereocenters. The number of rotatable bonds is 5. The number of halogens is 3. The van der Waals surface area contributed by atoms with Crippen LogP contribution in [0.4, 0.5) is 9.18 Å². The van der Waals surface area contributed by atoms with E-state index in [1.165, 1.54) is 35.6 Å². The van der Waals surface area contributed by atoms with Crippen molar-refractivity contribution in [2.45, 2.75) is 16.5 Å². The van der Waals surface area contributed by atoms with E-state index >= 15 is 0 Å². The van der Waals surface area contributed by atoms with Gasteiger partial charge in [-0.1, -0.05) is 41.0 Å². The van der Waals surface area contributed by atoms with Crippen LogP contribution in [0.25, 0.3) is 5.69 Å². The molecular weight excluding hydrogens is 414 g/mol. The smallest absolute Gasteiger partial charge is 0.407 e. The van der Waals surface area contributed by atoms with Gasteiger partial charge in [-0.15, -0.1) is 0 Å². The van der Waals surface area contributed by atoms with Gasteiger partial charge in [0.05, 0.1) is 17.9 Å². The van der Waals surface area contributed by atoms with Crippen molar-refractivity contribution in [3.8, 4) is 5.69 Å². The van der Waals surface area contributed by atoms with Crippen molar-refractivity contribution in [3.05, 3.63) is 64.3 Å². The molecule has 1 N–H and O–H groups in total. The zero-order chi connectivity index (χ0) is 19.6. The van der Waals surface area contributed by atoms with Crippen LogP contribution >= 0.6 is 35.0 Å². The first-order chi connectivity index (χ1) is 12.8. The van der Waals surface area contributed by atoms with E-state index in [2.05, 4.69) is 10.1 Å². The number of pyridine rings is 1. The molecule has 2 heterocycles. The fourth-order valence-corrected chi connectivity index (χ4v) is 3.46. The molecule has 3 aromatic rings. The standard InChI is InChI=1S/C17H13Cl2FN4O2S/c1-23(17(25)26)9-10-7-15(27-11-5-6-14(18)21-8-11)24(22-10)13-4-2-3-12(20)16(13)19/h2-8H,9H2,1H3,(H,25,26). The molecule has 0 spiro atoms. The van der Waals surface area contributed by atoms with E-state index in [1.807, 2.05) is 0 Å². The van der Waals surface area contributed by atoms with Crippen molar-refractivity contribution < 1.29 is 14.3 Å². The van der Waals surface area contributed by atoms with E-state index in [4.69, 9.17) is 28.3 Å². The van der Waals surface area contributed by atoms with Gasteiger partial charge < -0.3 is 10.0 Å². The summed E-state index contributed by atoms with van der Waals surface area (Å²) < 4.78 is 15.4. The van der Waals surface area contributed by atoms with Crippen molar-refractivity contribution in [2.24, 2.45) is 0 Å².